The van der Waals surface area contributed by atoms with E-state index in [4.69, 9.17) is 25.5 Å². The maximum absolute atomic E-state index is 13.1. The smallest absolute Gasteiger partial charge is 0.251 e. The predicted molar refractivity (Wildman–Crippen MR) is 131 cm³/mol. The number of furan rings is 1. The Bertz CT molecular complexity index is 1140. The summed E-state index contributed by atoms with van der Waals surface area (Å²) in [6, 6.07) is 14.2. The maximum atomic E-state index is 13.1. The molecule has 8 heteroatoms. The number of amides is 2. The van der Waals surface area contributed by atoms with Gasteiger partial charge in [-0.05, 0) is 60.5 Å². The number of rotatable bonds is 10. The molecule has 0 atom stereocenters. The summed E-state index contributed by atoms with van der Waals surface area (Å²) in [6.07, 6.45) is 4.73. The summed E-state index contributed by atoms with van der Waals surface area (Å²) in [5, 5.41) is 2.99. The van der Waals surface area contributed by atoms with Crippen molar-refractivity contribution >= 4 is 29.5 Å². The molecule has 7 nitrogen and oxygen atoms in total. The first-order valence-electron chi connectivity index (χ1n) is 10.8. The van der Waals surface area contributed by atoms with Crippen molar-refractivity contribution in [3.05, 3.63) is 88.3 Å². The molecule has 34 heavy (non-hydrogen) atoms. The van der Waals surface area contributed by atoms with E-state index in [1.165, 1.54) is 13.2 Å². The van der Waals surface area contributed by atoms with Gasteiger partial charge in [0.2, 0.25) is 5.91 Å². The Kier molecular flexibility index (Phi) is 8.76. The Morgan fingerprint density at radius 2 is 1.91 bits per heavy atom. The molecule has 2 amide bonds. The summed E-state index contributed by atoms with van der Waals surface area (Å²) < 4.78 is 16.4. The molecule has 0 unspecified atom stereocenters. The summed E-state index contributed by atoms with van der Waals surface area (Å²) >= 11 is 6.34. The lowest BCUT2D eigenvalue weighted by Gasteiger charge is -2.20. The average Bonchev–Trinajstić information content (AvgIpc) is 3.36. The Hall–Kier alpha value is -3.71. The average molecular weight is 483 g/mol. The molecule has 2 aromatic carbocycles. The van der Waals surface area contributed by atoms with Gasteiger partial charge in [-0.1, -0.05) is 23.7 Å². The lowest BCUT2D eigenvalue weighted by molar-refractivity contribution is -0.127. The van der Waals surface area contributed by atoms with Crippen LogP contribution in [0.25, 0.3) is 6.08 Å². The fourth-order valence-corrected chi connectivity index (χ4v) is 3.60. The van der Waals surface area contributed by atoms with Crippen molar-refractivity contribution in [1.29, 1.82) is 0 Å². The number of hydrogen-bond donors (Lipinski definition) is 1. The van der Waals surface area contributed by atoms with E-state index in [-0.39, 0.29) is 11.8 Å². The molecule has 0 aliphatic carbocycles. The Balaban J connectivity index is 1.81. The van der Waals surface area contributed by atoms with Crippen LogP contribution in [0.2, 0.25) is 5.02 Å². The van der Waals surface area contributed by atoms with E-state index in [1.807, 2.05) is 25.1 Å². The number of methoxy groups -OCH3 is 1. The largest absolute Gasteiger partial charge is 0.493 e. The van der Waals surface area contributed by atoms with Crippen molar-refractivity contribution in [1.82, 2.24) is 10.2 Å². The predicted octanol–water partition coefficient (Wildman–Crippen LogP) is 4.94. The highest BCUT2D eigenvalue weighted by atomic mass is 35.5. The molecule has 0 radical (unpaired) electrons. The van der Waals surface area contributed by atoms with Crippen LogP contribution in [-0.4, -0.2) is 37.5 Å². The molecule has 0 aliphatic rings. The van der Waals surface area contributed by atoms with Crippen molar-refractivity contribution in [3.8, 4) is 11.5 Å². The minimum Gasteiger partial charge on any atom is -0.493 e. The number of hydrogen-bond acceptors (Lipinski definition) is 5. The molecule has 1 N–H and O–H groups in total. The Labute approximate surface area is 203 Å². The van der Waals surface area contributed by atoms with E-state index in [9.17, 15) is 9.59 Å². The molecule has 3 rings (SSSR count). The third-order valence-electron chi connectivity index (χ3n) is 5.01. The number of benzene rings is 2. The van der Waals surface area contributed by atoms with E-state index < -0.39 is 0 Å². The van der Waals surface area contributed by atoms with Crippen LogP contribution >= 0.6 is 11.6 Å². The highest BCUT2D eigenvalue weighted by molar-refractivity contribution is 6.32. The van der Waals surface area contributed by atoms with Crippen LogP contribution in [0.3, 0.4) is 0 Å². The first-order valence-corrected chi connectivity index (χ1v) is 11.1. The summed E-state index contributed by atoms with van der Waals surface area (Å²) in [4.78, 5) is 26.6. The molecule has 1 heterocycles. The zero-order valence-corrected chi connectivity index (χ0v) is 20.1. The van der Waals surface area contributed by atoms with Crippen molar-refractivity contribution in [2.45, 2.75) is 20.0 Å². The van der Waals surface area contributed by atoms with Gasteiger partial charge >= 0.3 is 0 Å². The number of halogens is 1. The lowest BCUT2D eigenvalue weighted by Crippen LogP contribution is -2.28. The van der Waals surface area contributed by atoms with Gasteiger partial charge in [0.1, 0.15) is 5.76 Å². The van der Waals surface area contributed by atoms with Gasteiger partial charge in [0.15, 0.2) is 11.5 Å². The van der Waals surface area contributed by atoms with Crippen LogP contribution in [0.5, 0.6) is 11.5 Å². The van der Waals surface area contributed by atoms with Gasteiger partial charge in [-0.25, -0.2) is 0 Å². The number of nitrogens with one attached hydrogen (secondary N) is 1. The Morgan fingerprint density at radius 3 is 2.53 bits per heavy atom. The van der Waals surface area contributed by atoms with Crippen LogP contribution in [0, 0.1) is 0 Å². The van der Waals surface area contributed by atoms with Crippen molar-refractivity contribution in [3.63, 3.8) is 0 Å². The monoisotopic (exact) mass is 482 g/mol. The number of carbonyl (C=O) groups is 2. The second-order valence-electron chi connectivity index (χ2n) is 7.35. The first kappa shape index (κ1) is 24.9. The van der Waals surface area contributed by atoms with Crippen LogP contribution in [0.1, 0.15) is 34.2 Å². The standard InChI is InChI=1S/C26H27ClN2O5/c1-4-33-25-22(27)14-19(15-23(25)32-3)9-12-24(30)29(17-21-6-5-13-34-21)16-18-7-10-20(11-8-18)26(31)28-2/h5-15H,4,16-17H2,1-3H3,(H,28,31)/b12-9+. The van der Waals surface area contributed by atoms with Crippen LogP contribution in [-0.2, 0) is 17.9 Å². The third-order valence-corrected chi connectivity index (χ3v) is 5.29. The second kappa shape index (κ2) is 12.0. The first-order chi connectivity index (χ1) is 16.4. The minimum absolute atomic E-state index is 0.164. The van der Waals surface area contributed by atoms with Gasteiger partial charge in [0.25, 0.3) is 5.91 Å². The quantitative estimate of drug-likeness (QED) is 0.414. The number of nitrogens with zero attached hydrogens (tertiary/aromatic N) is 1. The normalized spacial score (nSPS) is 10.8. The zero-order valence-electron chi connectivity index (χ0n) is 19.3. The van der Waals surface area contributed by atoms with Crippen LogP contribution in [0.4, 0.5) is 0 Å². The van der Waals surface area contributed by atoms with Gasteiger partial charge in [0.05, 0.1) is 31.5 Å². The van der Waals surface area contributed by atoms with Gasteiger partial charge in [0, 0.05) is 25.2 Å². The summed E-state index contributed by atoms with van der Waals surface area (Å²) in [5.41, 5.74) is 2.13. The van der Waals surface area contributed by atoms with Gasteiger partial charge in [-0.2, -0.15) is 0 Å². The highest BCUT2D eigenvalue weighted by Crippen LogP contribution is 2.36. The molecule has 0 fully saturated rings. The topological polar surface area (TPSA) is 81.0 Å². The van der Waals surface area contributed by atoms with Gasteiger partial charge in [-0.3, -0.25) is 9.59 Å². The molecule has 178 valence electrons. The van der Waals surface area contributed by atoms with Crippen LogP contribution in [0.15, 0.2) is 65.3 Å². The fraction of sp³-hybridized carbons (Fsp3) is 0.231. The van der Waals surface area contributed by atoms with Gasteiger partial charge in [-0.15, -0.1) is 0 Å². The third kappa shape index (κ3) is 6.42. The van der Waals surface area contributed by atoms with E-state index in [1.54, 1.807) is 54.6 Å². The summed E-state index contributed by atoms with van der Waals surface area (Å²) in [5.74, 6) is 1.24. The number of carbonyl (C=O) groups excluding carboxylic acids is 2. The van der Waals surface area contributed by atoms with E-state index in [0.717, 1.165) is 5.56 Å². The highest BCUT2D eigenvalue weighted by Gasteiger charge is 2.15. The lowest BCUT2D eigenvalue weighted by atomic mass is 10.1. The molecule has 0 saturated carbocycles. The zero-order chi connectivity index (χ0) is 24.5. The van der Waals surface area contributed by atoms with Crippen molar-refractivity contribution in [2.24, 2.45) is 0 Å². The van der Waals surface area contributed by atoms with E-state index in [2.05, 4.69) is 5.32 Å². The number of ether oxygens (including phenoxy) is 2. The minimum atomic E-state index is -0.212. The van der Waals surface area contributed by atoms with Crippen LogP contribution < -0.4 is 14.8 Å². The molecule has 3 aromatic rings. The molecular weight excluding hydrogens is 456 g/mol. The van der Waals surface area contributed by atoms with Gasteiger partial charge < -0.3 is 24.1 Å². The van der Waals surface area contributed by atoms with E-state index in [0.29, 0.717) is 53.1 Å². The molecular formula is C26H27ClN2O5. The van der Waals surface area contributed by atoms with Crippen molar-refractivity contribution < 1.29 is 23.5 Å². The molecule has 0 spiro atoms. The summed E-state index contributed by atoms with van der Waals surface area (Å²) in [7, 11) is 3.12. The SMILES string of the molecule is CCOc1c(Cl)cc(/C=C/C(=O)N(Cc2ccc(C(=O)NC)cc2)Cc2ccco2)cc1OC. The fourth-order valence-electron chi connectivity index (χ4n) is 3.32. The molecule has 0 aliphatic heterocycles. The molecule has 0 bridgehead atoms. The summed E-state index contributed by atoms with van der Waals surface area (Å²) in [6.45, 7) is 2.95. The van der Waals surface area contributed by atoms with Crippen molar-refractivity contribution in [2.75, 3.05) is 20.8 Å². The molecule has 1 aromatic heterocycles. The molecule has 0 saturated heterocycles. The van der Waals surface area contributed by atoms with E-state index >= 15 is 0 Å². The Morgan fingerprint density at radius 1 is 1.15 bits per heavy atom. The maximum Gasteiger partial charge on any atom is 0.251 e. The second-order valence-corrected chi connectivity index (χ2v) is 7.76.